The first-order valence-electron chi connectivity index (χ1n) is 6.61. The smallest absolute Gasteiger partial charge is 0.339 e. The fraction of sp³-hybridized carbons (Fsp3) is 0.667. The average Bonchev–Trinajstić information content (AvgIpc) is 2.58. The van der Waals surface area contributed by atoms with Gasteiger partial charge in [0.2, 0.25) is 0 Å². The normalized spacial score (nSPS) is 23.6. The monoisotopic (exact) mass is 266 g/mol. The van der Waals surface area contributed by atoms with Crippen molar-refractivity contribution in [1.29, 1.82) is 0 Å². The van der Waals surface area contributed by atoms with Crippen molar-refractivity contribution in [2.24, 2.45) is 5.92 Å². The topological polar surface area (TPSA) is 26.3 Å². The molecule has 1 aromatic heterocycles. The van der Waals surface area contributed by atoms with Crippen LogP contribution < -0.4 is 0 Å². The molecule has 0 radical (unpaired) electrons. The molecular formula is C15H22O2S. The van der Waals surface area contributed by atoms with Gasteiger partial charge in [-0.3, -0.25) is 0 Å². The minimum Gasteiger partial charge on any atom is -0.456 e. The predicted octanol–water partition coefficient (Wildman–Crippen LogP) is 4.39. The van der Waals surface area contributed by atoms with E-state index >= 15 is 0 Å². The standard InChI is InChI=1S/C15H22O2S/c1-9-6-10(2)13-11(8-18-12(13)7-9)14(16)17-15(3,4)5/h8-10H,6-7H2,1-5H3. The maximum absolute atomic E-state index is 12.2. The first kappa shape index (κ1) is 13.6. The van der Waals surface area contributed by atoms with Crippen molar-refractivity contribution in [1.82, 2.24) is 0 Å². The maximum Gasteiger partial charge on any atom is 0.339 e. The first-order chi connectivity index (χ1) is 8.28. The molecular weight excluding hydrogens is 244 g/mol. The molecule has 100 valence electrons. The summed E-state index contributed by atoms with van der Waals surface area (Å²) in [6.07, 6.45) is 2.27. The Kier molecular flexibility index (Phi) is 3.54. The Hall–Kier alpha value is -0.830. The summed E-state index contributed by atoms with van der Waals surface area (Å²) in [5.74, 6) is 1.02. The van der Waals surface area contributed by atoms with Crippen LogP contribution in [-0.2, 0) is 11.2 Å². The summed E-state index contributed by atoms with van der Waals surface area (Å²) in [4.78, 5) is 13.6. The Balaban J connectivity index is 2.29. The molecule has 0 spiro atoms. The minimum atomic E-state index is -0.420. The summed E-state index contributed by atoms with van der Waals surface area (Å²) >= 11 is 1.71. The van der Waals surface area contributed by atoms with E-state index in [0.717, 1.165) is 17.9 Å². The molecule has 3 heteroatoms. The van der Waals surface area contributed by atoms with Crippen molar-refractivity contribution < 1.29 is 9.53 Å². The fourth-order valence-corrected chi connectivity index (χ4v) is 4.02. The molecule has 2 nitrogen and oxygen atoms in total. The van der Waals surface area contributed by atoms with Gasteiger partial charge in [0.15, 0.2) is 0 Å². The molecule has 1 aliphatic carbocycles. The van der Waals surface area contributed by atoms with E-state index in [4.69, 9.17) is 4.74 Å². The first-order valence-corrected chi connectivity index (χ1v) is 7.49. The zero-order chi connectivity index (χ0) is 13.5. The van der Waals surface area contributed by atoms with Gasteiger partial charge in [-0.2, -0.15) is 0 Å². The third-order valence-electron chi connectivity index (χ3n) is 3.31. The molecule has 0 fully saturated rings. The van der Waals surface area contributed by atoms with Gasteiger partial charge < -0.3 is 4.74 Å². The Morgan fingerprint density at radius 2 is 2.06 bits per heavy atom. The lowest BCUT2D eigenvalue weighted by Gasteiger charge is -2.26. The summed E-state index contributed by atoms with van der Waals surface area (Å²) in [7, 11) is 0. The Bertz CT molecular complexity index is 454. The van der Waals surface area contributed by atoms with Crippen LogP contribution in [0.15, 0.2) is 5.38 Å². The summed E-state index contributed by atoms with van der Waals surface area (Å²) in [6, 6.07) is 0. The molecule has 18 heavy (non-hydrogen) atoms. The van der Waals surface area contributed by atoms with Crippen LogP contribution in [0.3, 0.4) is 0 Å². The predicted molar refractivity (Wildman–Crippen MR) is 75.4 cm³/mol. The van der Waals surface area contributed by atoms with E-state index in [1.807, 2.05) is 26.2 Å². The van der Waals surface area contributed by atoms with Crippen LogP contribution in [0.5, 0.6) is 0 Å². The van der Waals surface area contributed by atoms with Crippen LogP contribution in [0.2, 0.25) is 0 Å². The van der Waals surface area contributed by atoms with Gasteiger partial charge in [0.1, 0.15) is 5.60 Å². The largest absolute Gasteiger partial charge is 0.456 e. The van der Waals surface area contributed by atoms with Crippen molar-refractivity contribution in [2.75, 3.05) is 0 Å². The van der Waals surface area contributed by atoms with Crippen LogP contribution in [0.4, 0.5) is 0 Å². The molecule has 0 amide bonds. The minimum absolute atomic E-state index is 0.165. The summed E-state index contributed by atoms with van der Waals surface area (Å²) < 4.78 is 5.49. The molecule has 0 aromatic carbocycles. The number of thiophene rings is 1. The Morgan fingerprint density at radius 3 is 2.67 bits per heavy atom. The second-order valence-electron chi connectivity index (χ2n) is 6.43. The highest BCUT2D eigenvalue weighted by atomic mass is 32.1. The van der Waals surface area contributed by atoms with Crippen LogP contribution in [-0.4, -0.2) is 11.6 Å². The quantitative estimate of drug-likeness (QED) is 0.705. The van der Waals surface area contributed by atoms with Crippen molar-refractivity contribution in [3.8, 4) is 0 Å². The van der Waals surface area contributed by atoms with Gasteiger partial charge in [-0.05, 0) is 51.0 Å². The van der Waals surface area contributed by atoms with Gasteiger partial charge >= 0.3 is 5.97 Å². The highest BCUT2D eigenvalue weighted by Crippen LogP contribution is 2.40. The van der Waals surface area contributed by atoms with Gasteiger partial charge in [0.05, 0.1) is 5.56 Å². The van der Waals surface area contributed by atoms with E-state index < -0.39 is 5.60 Å². The van der Waals surface area contributed by atoms with Crippen LogP contribution in [0.1, 0.15) is 67.8 Å². The lowest BCUT2D eigenvalue weighted by Crippen LogP contribution is -2.25. The Labute approximate surface area is 113 Å². The van der Waals surface area contributed by atoms with Crippen LogP contribution >= 0.6 is 11.3 Å². The summed E-state index contributed by atoms with van der Waals surface area (Å²) in [6.45, 7) is 10.2. The molecule has 1 aliphatic rings. The summed E-state index contributed by atoms with van der Waals surface area (Å²) in [5, 5.41) is 1.98. The maximum atomic E-state index is 12.2. The highest BCUT2D eigenvalue weighted by Gasteiger charge is 2.30. The Morgan fingerprint density at radius 1 is 1.39 bits per heavy atom. The zero-order valence-corrected chi connectivity index (χ0v) is 12.7. The van der Waals surface area contributed by atoms with Crippen LogP contribution in [0.25, 0.3) is 0 Å². The molecule has 0 saturated carbocycles. The third-order valence-corrected chi connectivity index (χ3v) is 4.34. The molecule has 2 atom stereocenters. The van der Waals surface area contributed by atoms with Crippen LogP contribution in [0, 0.1) is 5.92 Å². The molecule has 1 aromatic rings. The lowest BCUT2D eigenvalue weighted by atomic mass is 9.81. The van der Waals surface area contributed by atoms with Gasteiger partial charge in [-0.25, -0.2) is 4.79 Å². The second kappa shape index (κ2) is 4.69. The number of fused-ring (bicyclic) bond motifs is 1. The van der Waals surface area contributed by atoms with E-state index in [2.05, 4.69) is 13.8 Å². The van der Waals surface area contributed by atoms with Crippen molar-refractivity contribution in [3.05, 3.63) is 21.4 Å². The molecule has 1 heterocycles. The number of carbonyl (C=O) groups excluding carboxylic acids is 1. The number of hydrogen-bond acceptors (Lipinski definition) is 3. The van der Waals surface area contributed by atoms with E-state index in [9.17, 15) is 4.79 Å². The SMILES string of the molecule is CC1Cc2scc(C(=O)OC(C)(C)C)c2C(C)C1. The number of esters is 1. The fourth-order valence-electron chi connectivity index (χ4n) is 2.72. The van der Waals surface area contributed by atoms with Crippen molar-refractivity contribution in [2.45, 2.75) is 59.0 Å². The van der Waals surface area contributed by atoms with E-state index in [0.29, 0.717) is 5.92 Å². The van der Waals surface area contributed by atoms with E-state index in [1.54, 1.807) is 11.3 Å². The van der Waals surface area contributed by atoms with Gasteiger partial charge in [0, 0.05) is 10.3 Å². The highest BCUT2D eigenvalue weighted by molar-refractivity contribution is 7.10. The third kappa shape index (κ3) is 2.77. The van der Waals surface area contributed by atoms with Gasteiger partial charge in [-0.15, -0.1) is 11.3 Å². The van der Waals surface area contributed by atoms with Gasteiger partial charge in [-0.1, -0.05) is 13.8 Å². The molecule has 0 aliphatic heterocycles. The van der Waals surface area contributed by atoms with Crippen molar-refractivity contribution >= 4 is 17.3 Å². The summed E-state index contributed by atoms with van der Waals surface area (Å²) in [5.41, 5.74) is 1.62. The zero-order valence-electron chi connectivity index (χ0n) is 11.9. The molecule has 2 rings (SSSR count). The number of carbonyl (C=O) groups is 1. The van der Waals surface area contributed by atoms with Gasteiger partial charge in [0.25, 0.3) is 0 Å². The average molecular weight is 266 g/mol. The number of rotatable bonds is 1. The lowest BCUT2D eigenvalue weighted by molar-refractivity contribution is 0.00680. The number of hydrogen-bond donors (Lipinski definition) is 0. The second-order valence-corrected chi connectivity index (χ2v) is 7.40. The van der Waals surface area contributed by atoms with Crippen molar-refractivity contribution in [3.63, 3.8) is 0 Å². The molecule has 0 bridgehead atoms. The van der Waals surface area contributed by atoms with E-state index in [-0.39, 0.29) is 5.97 Å². The number of ether oxygens (including phenoxy) is 1. The molecule has 0 N–H and O–H groups in total. The van der Waals surface area contributed by atoms with E-state index in [1.165, 1.54) is 16.9 Å². The molecule has 2 unspecified atom stereocenters. The molecule has 0 saturated heterocycles.